The molecule has 1 atom stereocenters. The van der Waals surface area contributed by atoms with Gasteiger partial charge in [-0.05, 0) is 19.3 Å². The highest BCUT2D eigenvalue weighted by atomic mass is 16.5. The van der Waals surface area contributed by atoms with E-state index in [4.69, 9.17) is 9.26 Å². The van der Waals surface area contributed by atoms with Crippen LogP contribution in [0.2, 0.25) is 0 Å². The van der Waals surface area contributed by atoms with Crippen molar-refractivity contribution in [2.45, 2.75) is 33.2 Å². The molecule has 20 heavy (non-hydrogen) atoms. The van der Waals surface area contributed by atoms with E-state index in [0.717, 1.165) is 0 Å². The number of carbonyl (C=O) groups excluding carboxylic acids is 1. The quantitative estimate of drug-likeness (QED) is 0.835. The van der Waals surface area contributed by atoms with Gasteiger partial charge >= 0.3 is 5.97 Å². The van der Waals surface area contributed by atoms with Crippen molar-refractivity contribution in [2.75, 3.05) is 12.4 Å². The number of nitrogens with one attached hydrogen (secondary N) is 1. The van der Waals surface area contributed by atoms with E-state index in [2.05, 4.69) is 20.4 Å². The van der Waals surface area contributed by atoms with Crippen molar-refractivity contribution in [3.8, 4) is 0 Å². The van der Waals surface area contributed by atoms with Crippen molar-refractivity contribution in [1.29, 1.82) is 0 Å². The number of methoxy groups -OCH3 is 1. The number of anilines is 1. The summed E-state index contributed by atoms with van der Waals surface area (Å²) in [4.78, 5) is 20.0. The van der Waals surface area contributed by atoms with Crippen LogP contribution in [0.15, 0.2) is 10.9 Å². The fourth-order valence-corrected chi connectivity index (χ4v) is 2.02. The first-order valence-electron chi connectivity index (χ1n) is 6.44. The molecule has 0 aliphatic carbocycles. The van der Waals surface area contributed by atoms with Gasteiger partial charge in [0.25, 0.3) is 5.71 Å². The van der Waals surface area contributed by atoms with Gasteiger partial charge in [-0.3, -0.25) is 0 Å². The zero-order valence-electron chi connectivity index (χ0n) is 12.0. The monoisotopic (exact) mass is 278 g/mol. The lowest BCUT2D eigenvalue weighted by Gasteiger charge is -2.18. The number of esters is 1. The predicted molar refractivity (Wildman–Crippen MR) is 73.2 cm³/mol. The number of ether oxygens (including phenoxy) is 1. The smallest absolute Gasteiger partial charge is 0.328 e. The number of carbonyl (C=O) groups is 1. The number of hydrogen-bond donors (Lipinski definition) is 1. The van der Waals surface area contributed by atoms with Crippen LogP contribution in [0.4, 0.5) is 5.82 Å². The highest BCUT2D eigenvalue weighted by Gasteiger charge is 2.23. The third kappa shape index (κ3) is 2.87. The van der Waals surface area contributed by atoms with Crippen LogP contribution >= 0.6 is 0 Å². The van der Waals surface area contributed by atoms with Gasteiger partial charge in [0.1, 0.15) is 23.6 Å². The van der Waals surface area contributed by atoms with Crippen LogP contribution in [0.5, 0.6) is 0 Å². The van der Waals surface area contributed by atoms with Crippen molar-refractivity contribution in [3.63, 3.8) is 0 Å². The fraction of sp³-hybridized carbons (Fsp3) is 0.538. The first-order valence-corrected chi connectivity index (χ1v) is 6.44. The lowest BCUT2D eigenvalue weighted by Crippen LogP contribution is -2.32. The number of nitrogens with zero attached hydrogens (tertiary/aromatic N) is 3. The summed E-state index contributed by atoms with van der Waals surface area (Å²) in [5.41, 5.74) is 1.07. The minimum absolute atomic E-state index is 0.320. The summed E-state index contributed by atoms with van der Waals surface area (Å²) in [7, 11) is 1.37. The average molecular weight is 278 g/mol. The van der Waals surface area contributed by atoms with Crippen LogP contribution in [0.25, 0.3) is 11.1 Å². The Morgan fingerprint density at radius 2 is 2.20 bits per heavy atom. The van der Waals surface area contributed by atoms with Crippen molar-refractivity contribution in [2.24, 2.45) is 5.92 Å². The molecule has 0 radical (unpaired) electrons. The number of aromatic nitrogens is 3. The Bertz CT molecular complexity index is 609. The van der Waals surface area contributed by atoms with Crippen LogP contribution in [-0.4, -0.2) is 34.2 Å². The van der Waals surface area contributed by atoms with Gasteiger partial charge in [0.15, 0.2) is 0 Å². The Morgan fingerprint density at radius 1 is 1.45 bits per heavy atom. The molecule has 0 saturated carbocycles. The first kappa shape index (κ1) is 14.2. The van der Waals surface area contributed by atoms with Crippen LogP contribution in [0.1, 0.15) is 26.0 Å². The lowest BCUT2D eigenvalue weighted by molar-refractivity contribution is -0.141. The van der Waals surface area contributed by atoms with Crippen molar-refractivity contribution >= 4 is 22.9 Å². The molecule has 108 valence electrons. The molecule has 0 bridgehead atoms. The van der Waals surface area contributed by atoms with Gasteiger partial charge in [-0.1, -0.05) is 19.0 Å². The van der Waals surface area contributed by atoms with Crippen LogP contribution in [-0.2, 0) is 9.53 Å². The summed E-state index contributed by atoms with van der Waals surface area (Å²) in [5, 5.41) is 7.65. The molecule has 7 heteroatoms. The maximum atomic E-state index is 11.8. The molecule has 0 spiro atoms. The van der Waals surface area contributed by atoms with E-state index in [1.807, 2.05) is 13.8 Å². The second kappa shape index (κ2) is 5.85. The second-order valence-corrected chi connectivity index (χ2v) is 5.02. The van der Waals surface area contributed by atoms with Crippen molar-refractivity contribution in [1.82, 2.24) is 15.1 Å². The van der Waals surface area contributed by atoms with Gasteiger partial charge in [-0.2, -0.15) is 4.98 Å². The van der Waals surface area contributed by atoms with Gasteiger partial charge < -0.3 is 14.6 Å². The van der Waals surface area contributed by atoms with Gasteiger partial charge in [0, 0.05) is 0 Å². The topological polar surface area (TPSA) is 90.1 Å². The number of rotatable bonds is 5. The van der Waals surface area contributed by atoms with E-state index in [9.17, 15) is 4.79 Å². The van der Waals surface area contributed by atoms with E-state index in [-0.39, 0.29) is 5.97 Å². The molecule has 2 aromatic heterocycles. The van der Waals surface area contributed by atoms with E-state index in [1.165, 1.54) is 13.4 Å². The largest absolute Gasteiger partial charge is 0.467 e. The number of aryl methyl sites for hydroxylation is 1. The van der Waals surface area contributed by atoms with Crippen molar-refractivity contribution in [3.05, 3.63) is 12.0 Å². The molecule has 0 aromatic carbocycles. The Morgan fingerprint density at radius 3 is 2.85 bits per heavy atom. The zero-order chi connectivity index (χ0) is 14.7. The minimum atomic E-state index is -0.465. The molecular formula is C13H18N4O3. The molecule has 2 rings (SSSR count). The van der Waals surface area contributed by atoms with Gasteiger partial charge in [-0.15, -0.1) is 0 Å². The maximum absolute atomic E-state index is 11.8. The lowest BCUT2D eigenvalue weighted by atomic mass is 10.0. The second-order valence-electron chi connectivity index (χ2n) is 5.02. The van der Waals surface area contributed by atoms with Crippen molar-refractivity contribution < 1.29 is 14.1 Å². The number of hydrogen-bond acceptors (Lipinski definition) is 7. The summed E-state index contributed by atoms with van der Waals surface area (Å²) >= 11 is 0. The van der Waals surface area contributed by atoms with E-state index in [0.29, 0.717) is 35.0 Å². The Balaban J connectivity index is 2.32. The summed E-state index contributed by atoms with van der Waals surface area (Å²) in [6.07, 6.45) is 2.02. The SMILES string of the molecule is COC(=O)C(CC(C)C)Nc1ncnc2onc(C)c12. The summed E-state index contributed by atoms with van der Waals surface area (Å²) in [6, 6.07) is -0.465. The Hall–Kier alpha value is -2.18. The van der Waals surface area contributed by atoms with Crippen LogP contribution in [0, 0.1) is 12.8 Å². The third-order valence-corrected chi connectivity index (χ3v) is 2.95. The minimum Gasteiger partial charge on any atom is -0.467 e. The van der Waals surface area contributed by atoms with Crippen LogP contribution < -0.4 is 5.32 Å². The number of fused-ring (bicyclic) bond motifs is 1. The molecule has 2 heterocycles. The molecule has 0 saturated heterocycles. The molecule has 0 aliphatic heterocycles. The van der Waals surface area contributed by atoms with Gasteiger partial charge in [0.2, 0.25) is 0 Å². The van der Waals surface area contributed by atoms with E-state index >= 15 is 0 Å². The van der Waals surface area contributed by atoms with E-state index in [1.54, 1.807) is 6.92 Å². The predicted octanol–water partition coefficient (Wildman–Crippen LogP) is 1.93. The van der Waals surface area contributed by atoms with Gasteiger partial charge in [0.05, 0.1) is 12.8 Å². The molecule has 0 fully saturated rings. The fourth-order valence-electron chi connectivity index (χ4n) is 2.02. The molecular weight excluding hydrogens is 260 g/mol. The molecule has 0 amide bonds. The Labute approximate surface area is 116 Å². The molecule has 0 aliphatic rings. The summed E-state index contributed by atoms with van der Waals surface area (Å²) < 4.78 is 9.91. The normalized spacial score (nSPS) is 12.7. The third-order valence-electron chi connectivity index (χ3n) is 2.95. The molecule has 1 N–H and O–H groups in total. The van der Waals surface area contributed by atoms with Gasteiger partial charge in [-0.25, -0.2) is 9.78 Å². The first-order chi connectivity index (χ1) is 9.52. The summed E-state index contributed by atoms with van der Waals surface area (Å²) in [5.74, 6) is 0.553. The molecule has 2 aromatic rings. The molecule has 7 nitrogen and oxygen atoms in total. The Kier molecular flexibility index (Phi) is 4.16. The standard InChI is InChI=1S/C13H18N4O3/c1-7(2)5-9(13(18)19-4)16-11-10-8(3)17-20-12(10)15-6-14-11/h6-7,9H,5H2,1-4H3,(H,14,15,16). The molecule has 1 unspecified atom stereocenters. The average Bonchev–Trinajstić information content (AvgIpc) is 2.79. The van der Waals surface area contributed by atoms with E-state index < -0.39 is 6.04 Å². The highest BCUT2D eigenvalue weighted by molar-refractivity contribution is 5.89. The summed E-state index contributed by atoms with van der Waals surface area (Å²) in [6.45, 7) is 5.88. The van der Waals surface area contributed by atoms with Crippen LogP contribution in [0.3, 0.4) is 0 Å². The highest BCUT2D eigenvalue weighted by Crippen LogP contribution is 2.24. The zero-order valence-corrected chi connectivity index (χ0v) is 12.0. The maximum Gasteiger partial charge on any atom is 0.328 e.